The first-order valence-electron chi connectivity index (χ1n) is 10.8. The second-order valence-electron chi connectivity index (χ2n) is 8.24. The molecule has 0 aliphatic carbocycles. The fourth-order valence-electron chi connectivity index (χ4n) is 4.55. The molecule has 1 atom stereocenters. The fraction of sp³-hybridized carbons (Fsp3) is 0.143. The number of aliphatic hydroxyl groups is 1. The maximum atomic E-state index is 13.6. The average molecular weight is 437 g/mol. The van der Waals surface area contributed by atoms with Crippen molar-refractivity contribution in [2.24, 2.45) is 0 Å². The van der Waals surface area contributed by atoms with Gasteiger partial charge in [-0.1, -0.05) is 60.7 Å². The van der Waals surface area contributed by atoms with Crippen molar-refractivity contribution in [1.82, 2.24) is 0 Å². The van der Waals surface area contributed by atoms with E-state index in [1.807, 2.05) is 54.6 Å². The summed E-state index contributed by atoms with van der Waals surface area (Å²) in [6.07, 6.45) is -0.332. The van der Waals surface area contributed by atoms with Gasteiger partial charge in [0, 0.05) is 11.1 Å². The summed E-state index contributed by atoms with van der Waals surface area (Å²) in [6.45, 7) is 0.302. The first kappa shape index (κ1) is 20.9. The van der Waals surface area contributed by atoms with Gasteiger partial charge in [-0.3, -0.25) is 9.59 Å². The second-order valence-corrected chi connectivity index (χ2v) is 8.24. The Hall–Kier alpha value is -3.96. The van der Waals surface area contributed by atoms with Crippen LogP contribution in [0.3, 0.4) is 0 Å². The molecule has 0 saturated carbocycles. The van der Waals surface area contributed by atoms with Crippen LogP contribution in [0.1, 0.15) is 27.9 Å². The Bertz CT molecular complexity index is 1360. The highest BCUT2D eigenvalue weighted by molar-refractivity contribution is 6.11. The lowest BCUT2D eigenvalue weighted by atomic mass is 9.88. The van der Waals surface area contributed by atoms with Crippen LogP contribution < -0.4 is 9.64 Å². The average Bonchev–Trinajstić information content (AvgIpc) is 3.06. The Kier molecular flexibility index (Phi) is 5.19. The first-order valence-corrected chi connectivity index (χ1v) is 10.8. The summed E-state index contributed by atoms with van der Waals surface area (Å²) in [6, 6.07) is 27.8. The summed E-state index contributed by atoms with van der Waals surface area (Å²) < 4.78 is 5.15. The number of fused-ring (bicyclic) bond motifs is 2. The molecule has 1 unspecified atom stereocenters. The van der Waals surface area contributed by atoms with Crippen LogP contribution in [0.25, 0.3) is 10.8 Å². The van der Waals surface area contributed by atoms with Gasteiger partial charge in [0.15, 0.2) is 11.4 Å². The number of anilines is 1. The molecule has 1 heterocycles. The quantitative estimate of drug-likeness (QED) is 0.438. The molecule has 4 aromatic carbocycles. The summed E-state index contributed by atoms with van der Waals surface area (Å²) in [5, 5.41) is 13.7. The molecule has 5 nitrogen and oxygen atoms in total. The maximum Gasteiger partial charge on any atom is 0.264 e. The van der Waals surface area contributed by atoms with Crippen LogP contribution >= 0.6 is 0 Å². The summed E-state index contributed by atoms with van der Waals surface area (Å²) in [5.74, 6) is -0.164. The Labute approximate surface area is 191 Å². The smallest absolute Gasteiger partial charge is 0.264 e. The van der Waals surface area contributed by atoms with Gasteiger partial charge in [-0.25, -0.2) is 0 Å². The topological polar surface area (TPSA) is 66.8 Å². The van der Waals surface area contributed by atoms with Crippen molar-refractivity contribution in [1.29, 1.82) is 0 Å². The lowest BCUT2D eigenvalue weighted by Gasteiger charge is -2.23. The number of rotatable bonds is 6. The molecule has 164 valence electrons. The fourth-order valence-corrected chi connectivity index (χ4v) is 4.55. The van der Waals surface area contributed by atoms with E-state index in [0.29, 0.717) is 29.1 Å². The predicted octanol–water partition coefficient (Wildman–Crippen LogP) is 4.86. The highest BCUT2D eigenvalue weighted by Gasteiger charge is 2.50. The number of hydrogen-bond donors (Lipinski definition) is 1. The van der Waals surface area contributed by atoms with E-state index in [1.54, 1.807) is 48.4 Å². The number of amides is 1. The van der Waals surface area contributed by atoms with Gasteiger partial charge in [0.2, 0.25) is 0 Å². The molecule has 0 fully saturated rings. The number of carbonyl (C=O) groups is 2. The molecule has 1 N–H and O–H groups in total. The van der Waals surface area contributed by atoms with Gasteiger partial charge in [-0.05, 0) is 46.7 Å². The number of methoxy groups -OCH3 is 1. The number of carbonyl (C=O) groups excluding carboxylic acids is 2. The zero-order chi connectivity index (χ0) is 23.0. The van der Waals surface area contributed by atoms with Gasteiger partial charge in [0.25, 0.3) is 5.91 Å². The summed E-state index contributed by atoms with van der Waals surface area (Å²) in [5.41, 5.74) is 0.555. The number of hydrogen-bond acceptors (Lipinski definition) is 4. The van der Waals surface area contributed by atoms with Gasteiger partial charge >= 0.3 is 0 Å². The minimum absolute atomic E-state index is 0.302. The van der Waals surface area contributed by atoms with Crippen LogP contribution in [0.5, 0.6) is 5.75 Å². The Morgan fingerprint density at radius 1 is 0.909 bits per heavy atom. The summed E-state index contributed by atoms with van der Waals surface area (Å²) in [7, 11) is 1.55. The molecule has 1 amide bonds. The normalized spacial score (nSPS) is 17.3. The van der Waals surface area contributed by atoms with Crippen LogP contribution in [0.15, 0.2) is 91.0 Å². The molecule has 5 heteroatoms. The molecule has 0 saturated heterocycles. The van der Waals surface area contributed by atoms with Gasteiger partial charge in [0.1, 0.15) is 5.75 Å². The standard InChI is InChI=1S/C28H23NO4/c1-33-22-15-13-20(14-16-22)26(30)17-28(32)24-11-4-5-12-25(24)29(27(28)31)18-21-9-6-8-19-7-2-3-10-23(19)21/h2-16,32H,17-18H2,1H3. The zero-order valence-electron chi connectivity index (χ0n) is 18.2. The van der Waals surface area contributed by atoms with Gasteiger partial charge in [-0.15, -0.1) is 0 Å². The third-order valence-electron chi connectivity index (χ3n) is 6.28. The molecular formula is C28H23NO4. The van der Waals surface area contributed by atoms with Crippen LogP contribution in [-0.2, 0) is 16.9 Å². The summed E-state index contributed by atoms with van der Waals surface area (Å²) >= 11 is 0. The van der Waals surface area contributed by atoms with E-state index in [-0.39, 0.29) is 12.2 Å². The molecule has 4 aromatic rings. The van der Waals surface area contributed by atoms with Crippen LogP contribution in [0.4, 0.5) is 5.69 Å². The highest BCUT2D eigenvalue weighted by Crippen LogP contribution is 2.44. The minimum Gasteiger partial charge on any atom is -0.497 e. The zero-order valence-corrected chi connectivity index (χ0v) is 18.2. The molecule has 0 radical (unpaired) electrons. The van der Waals surface area contributed by atoms with Crippen molar-refractivity contribution in [2.45, 2.75) is 18.6 Å². The Balaban J connectivity index is 1.49. The molecule has 0 aromatic heterocycles. The van der Waals surface area contributed by atoms with Gasteiger partial charge < -0.3 is 14.7 Å². The molecule has 1 aliphatic rings. The Morgan fingerprint density at radius 3 is 2.39 bits per heavy atom. The van der Waals surface area contributed by atoms with Crippen molar-refractivity contribution in [2.75, 3.05) is 12.0 Å². The van der Waals surface area contributed by atoms with E-state index < -0.39 is 11.5 Å². The molecule has 5 rings (SSSR count). The maximum absolute atomic E-state index is 13.6. The minimum atomic E-state index is -1.92. The van der Waals surface area contributed by atoms with Gasteiger partial charge in [0.05, 0.1) is 25.8 Å². The third kappa shape index (κ3) is 3.56. The summed E-state index contributed by atoms with van der Waals surface area (Å²) in [4.78, 5) is 28.2. The van der Waals surface area contributed by atoms with E-state index in [0.717, 1.165) is 16.3 Å². The predicted molar refractivity (Wildman–Crippen MR) is 127 cm³/mol. The van der Waals surface area contributed by atoms with Crippen LogP contribution in [0.2, 0.25) is 0 Å². The number of Topliss-reactive ketones (excluding diaryl/α,β-unsaturated/α-hetero) is 1. The number of nitrogens with zero attached hydrogens (tertiary/aromatic N) is 1. The molecular weight excluding hydrogens is 414 g/mol. The van der Waals surface area contributed by atoms with Crippen molar-refractivity contribution >= 4 is 28.2 Å². The van der Waals surface area contributed by atoms with Crippen LogP contribution in [-0.4, -0.2) is 23.9 Å². The Morgan fingerprint density at radius 2 is 1.61 bits per heavy atom. The molecule has 33 heavy (non-hydrogen) atoms. The largest absolute Gasteiger partial charge is 0.497 e. The van der Waals surface area contributed by atoms with Crippen molar-refractivity contribution < 1.29 is 19.4 Å². The number of benzene rings is 4. The number of ketones is 1. The van der Waals surface area contributed by atoms with E-state index in [4.69, 9.17) is 4.74 Å². The number of para-hydroxylation sites is 1. The van der Waals surface area contributed by atoms with E-state index >= 15 is 0 Å². The van der Waals surface area contributed by atoms with Crippen molar-refractivity contribution in [3.05, 3.63) is 108 Å². The highest BCUT2D eigenvalue weighted by atomic mass is 16.5. The van der Waals surface area contributed by atoms with E-state index in [9.17, 15) is 14.7 Å². The lowest BCUT2D eigenvalue weighted by molar-refractivity contribution is -0.136. The lowest BCUT2D eigenvalue weighted by Crippen LogP contribution is -2.41. The SMILES string of the molecule is COc1ccc(C(=O)CC2(O)C(=O)N(Cc3cccc4ccccc34)c3ccccc32)cc1. The van der Waals surface area contributed by atoms with Gasteiger partial charge in [-0.2, -0.15) is 0 Å². The number of ether oxygens (including phenoxy) is 1. The van der Waals surface area contributed by atoms with Crippen molar-refractivity contribution in [3.8, 4) is 5.75 Å². The second kappa shape index (κ2) is 8.19. The van der Waals surface area contributed by atoms with Crippen molar-refractivity contribution in [3.63, 3.8) is 0 Å². The van der Waals surface area contributed by atoms with Crippen LogP contribution in [0, 0.1) is 0 Å². The monoisotopic (exact) mass is 437 g/mol. The van der Waals surface area contributed by atoms with E-state index in [1.165, 1.54) is 0 Å². The van der Waals surface area contributed by atoms with E-state index in [2.05, 4.69) is 0 Å². The third-order valence-corrected chi connectivity index (χ3v) is 6.28. The molecule has 0 bridgehead atoms. The molecule has 1 aliphatic heterocycles. The molecule has 0 spiro atoms. The first-order chi connectivity index (χ1) is 16.0.